The SMILES string of the molecule is COc1ccc(F)cc1C(C)(CN)CF. The molecule has 1 aromatic carbocycles. The van der Waals surface area contributed by atoms with E-state index in [1.165, 1.54) is 25.3 Å². The molecule has 1 aromatic rings. The third-order valence-corrected chi connectivity index (χ3v) is 2.56. The molecule has 4 heteroatoms. The van der Waals surface area contributed by atoms with E-state index < -0.39 is 17.9 Å². The molecule has 1 rings (SSSR count). The summed E-state index contributed by atoms with van der Waals surface area (Å²) >= 11 is 0. The number of benzene rings is 1. The fourth-order valence-electron chi connectivity index (χ4n) is 1.39. The average Bonchev–Trinajstić information content (AvgIpc) is 2.28. The first-order valence-corrected chi connectivity index (χ1v) is 4.67. The largest absolute Gasteiger partial charge is 0.496 e. The number of hydrogen-bond acceptors (Lipinski definition) is 2. The zero-order valence-corrected chi connectivity index (χ0v) is 8.89. The predicted molar refractivity (Wildman–Crippen MR) is 55.3 cm³/mol. The van der Waals surface area contributed by atoms with Gasteiger partial charge in [0.2, 0.25) is 0 Å². The van der Waals surface area contributed by atoms with Crippen molar-refractivity contribution in [3.8, 4) is 5.75 Å². The summed E-state index contributed by atoms with van der Waals surface area (Å²) in [5.74, 6) is 0.0425. The normalized spacial score (nSPS) is 14.7. The van der Waals surface area contributed by atoms with Gasteiger partial charge in [-0.25, -0.2) is 4.39 Å². The smallest absolute Gasteiger partial charge is 0.123 e. The molecule has 0 aliphatic carbocycles. The van der Waals surface area contributed by atoms with Gasteiger partial charge in [-0.15, -0.1) is 0 Å². The summed E-state index contributed by atoms with van der Waals surface area (Å²) in [6.45, 7) is 1.09. The highest BCUT2D eigenvalue weighted by Gasteiger charge is 2.28. The van der Waals surface area contributed by atoms with E-state index >= 15 is 0 Å². The van der Waals surface area contributed by atoms with Gasteiger partial charge in [0.15, 0.2) is 0 Å². The lowest BCUT2D eigenvalue weighted by atomic mass is 9.83. The molecule has 1 unspecified atom stereocenters. The molecule has 0 saturated heterocycles. The number of alkyl halides is 1. The maximum atomic E-state index is 13.1. The molecule has 0 aliphatic heterocycles. The van der Waals surface area contributed by atoms with Crippen LogP contribution in [0.2, 0.25) is 0 Å². The van der Waals surface area contributed by atoms with Crippen molar-refractivity contribution in [2.24, 2.45) is 5.73 Å². The van der Waals surface area contributed by atoms with Crippen molar-refractivity contribution in [3.05, 3.63) is 29.6 Å². The Bertz CT molecular complexity index is 337. The van der Waals surface area contributed by atoms with Gasteiger partial charge in [0.05, 0.1) is 7.11 Å². The van der Waals surface area contributed by atoms with E-state index in [9.17, 15) is 8.78 Å². The van der Waals surface area contributed by atoms with E-state index in [0.717, 1.165) is 0 Å². The van der Waals surface area contributed by atoms with Crippen LogP contribution < -0.4 is 10.5 Å². The first-order chi connectivity index (χ1) is 7.07. The fraction of sp³-hybridized carbons (Fsp3) is 0.455. The van der Waals surface area contributed by atoms with Crippen LogP contribution in [0.15, 0.2) is 18.2 Å². The van der Waals surface area contributed by atoms with Crippen molar-refractivity contribution in [2.45, 2.75) is 12.3 Å². The molecule has 84 valence electrons. The molecule has 0 saturated carbocycles. The van der Waals surface area contributed by atoms with Gasteiger partial charge in [-0.2, -0.15) is 0 Å². The highest BCUT2D eigenvalue weighted by atomic mass is 19.1. The van der Waals surface area contributed by atoms with Crippen LogP contribution >= 0.6 is 0 Å². The Balaban J connectivity index is 3.26. The van der Waals surface area contributed by atoms with Gasteiger partial charge in [-0.05, 0) is 18.2 Å². The third-order valence-electron chi connectivity index (χ3n) is 2.56. The molecule has 1 atom stereocenters. The monoisotopic (exact) mass is 215 g/mol. The molecule has 0 heterocycles. The van der Waals surface area contributed by atoms with Crippen molar-refractivity contribution < 1.29 is 13.5 Å². The molecular formula is C11H15F2NO. The van der Waals surface area contributed by atoms with Crippen LogP contribution in [0.25, 0.3) is 0 Å². The van der Waals surface area contributed by atoms with E-state index in [4.69, 9.17) is 10.5 Å². The predicted octanol–water partition coefficient (Wildman–Crippen LogP) is 2.02. The zero-order valence-electron chi connectivity index (χ0n) is 8.89. The topological polar surface area (TPSA) is 35.2 Å². The van der Waals surface area contributed by atoms with Crippen molar-refractivity contribution in [1.29, 1.82) is 0 Å². The summed E-state index contributed by atoms with van der Waals surface area (Å²) in [4.78, 5) is 0. The summed E-state index contributed by atoms with van der Waals surface area (Å²) in [6.07, 6.45) is 0. The molecule has 2 N–H and O–H groups in total. The summed E-state index contributed by atoms with van der Waals surface area (Å²) in [5, 5.41) is 0. The Morgan fingerprint density at radius 1 is 1.47 bits per heavy atom. The third kappa shape index (κ3) is 2.26. The van der Waals surface area contributed by atoms with Gasteiger partial charge in [0.25, 0.3) is 0 Å². The minimum Gasteiger partial charge on any atom is -0.496 e. The first kappa shape index (κ1) is 11.9. The maximum absolute atomic E-state index is 13.1. The van der Waals surface area contributed by atoms with Gasteiger partial charge >= 0.3 is 0 Å². The molecular weight excluding hydrogens is 200 g/mol. The Hall–Kier alpha value is -1.16. The second-order valence-corrected chi connectivity index (χ2v) is 3.74. The Morgan fingerprint density at radius 3 is 2.60 bits per heavy atom. The van der Waals surface area contributed by atoms with Crippen molar-refractivity contribution in [1.82, 2.24) is 0 Å². The number of nitrogens with two attached hydrogens (primary N) is 1. The Labute approximate surface area is 88.0 Å². The average molecular weight is 215 g/mol. The summed E-state index contributed by atoms with van der Waals surface area (Å²) < 4.78 is 31.0. The zero-order chi connectivity index (χ0) is 11.5. The second kappa shape index (κ2) is 4.57. The van der Waals surface area contributed by atoms with Crippen molar-refractivity contribution >= 4 is 0 Å². The molecule has 0 spiro atoms. The molecule has 0 radical (unpaired) electrons. The fourth-order valence-corrected chi connectivity index (χ4v) is 1.39. The molecule has 0 aliphatic rings. The van der Waals surface area contributed by atoms with Crippen molar-refractivity contribution in [2.75, 3.05) is 20.3 Å². The quantitative estimate of drug-likeness (QED) is 0.834. The van der Waals surface area contributed by atoms with Crippen LogP contribution in [-0.2, 0) is 5.41 Å². The standard InChI is InChI=1S/C11H15F2NO/c1-11(6-12,7-14)9-5-8(13)3-4-10(9)15-2/h3-5H,6-7,14H2,1-2H3. The lowest BCUT2D eigenvalue weighted by Gasteiger charge is -2.26. The first-order valence-electron chi connectivity index (χ1n) is 4.67. The number of ether oxygens (including phenoxy) is 1. The maximum Gasteiger partial charge on any atom is 0.123 e. The lowest BCUT2D eigenvalue weighted by molar-refractivity contribution is 0.317. The van der Waals surface area contributed by atoms with Crippen LogP contribution in [0.1, 0.15) is 12.5 Å². The van der Waals surface area contributed by atoms with Gasteiger partial charge in [0.1, 0.15) is 18.2 Å². The van der Waals surface area contributed by atoms with Gasteiger partial charge in [-0.1, -0.05) is 6.92 Å². The molecule has 0 fully saturated rings. The molecule has 0 aromatic heterocycles. The van der Waals surface area contributed by atoms with Crippen LogP contribution in [0.3, 0.4) is 0 Å². The molecule has 0 bridgehead atoms. The van der Waals surface area contributed by atoms with E-state index in [-0.39, 0.29) is 6.54 Å². The van der Waals surface area contributed by atoms with Gasteiger partial charge < -0.3 is 10.5 Å². The number of halogens is 2. The summed E-state index contributed by atoms with van der Waals surface area (Å²) in [7, 11) is 1.46. The minimum atomic E-state index is -0.895. The highest BCUT2D eigenvalue weighted by Crippen LogP contribution is 2.32. The molecule has 0 amide bonds. The van der Waals surface area contributed by atoms with Crippen LogP contribution in [0.4, 0.5) is 8.78 Å². The highest BCUT2D eigenvalue weighted by molar-refractivity contribution is 5.40. The minimum absolute atomic E-state index is 0.101. The molecule has 2 nitrogen and oxygen atoms in total. The summed E-state index contributed by atoms with van der Waals surface area (Å²) in [5.41, 5.74) is 5.08. The summed E-state index contributed by atoms with van der Waals surface area (Å²) in [6, 6.07) is 4.02. The Kier molecular flexibility index (Phi) is 3.63. The van der Waals surface area contributed by atoms with Crippen LogP contribution in [0, 0.1) is 5.82 Å². The van der Waals surface area contributed by atoms with Crippen LogP contribution in [-0.4, -0.2) is 20.3 Å². The van der Waals surface area contributed by atoms with Gasteiger partial charge in [0, 0.05) is 17.5 Å². The van der Waals surface area contributed by atoms with Crippen molar-refractivity contribution in [3.63, 3.8) is 0 Å². The van der Waals surface area contributed by atoms with Gasteiger partial charge in [-0.3, -0.25) is 4.39 Å². The number of methoxy groups -OCH3 is 1. The molecule has 15 heavy (non-hydrogen) atoms. The number of hydrogen-bond donors (Lipinski definition) is 1. The van der Waals surface area contributed by atoms with E-state index in [2.05, 4.69) is 0 Å². The lowest BCUT2D eigenvalue weighted by Crippen LogP contribution is -2.34. The number of rotatable bonds is 4. The second-order valence-electron chi connectivity index (χ2n) is 3.74. The van der Waals surface area contributed by atoms with E-state index in [1.54, 1.807) is 6.92 Å². The Morgan fingerprint density at radius 2 is 2.13 bits per heavy atom. The van der Waals surface area contributed by atoms with E-state index in [0.29, 0.717) is 11.3 Å². The van der Waals surface area contributed by atoms with E-state index in [1.807, 2.05) is 0 Å². The van der Waals surface area contributed by atoms with Crippen LogP contribution in [0.5, 0.6) is 5.75 Å².